The van der Waals surface area contributed by atoms with Gasteiger partial charge >= 0.3 is 0 Å². The van der Waals surface area contributed by atoms with Crippen LogP contribution in [0.25, 0.3) is 10.9 Å². The van der Waals surface area contributed by atoms with Crippen LogP contribution in [0.5, 0.6) is 0 Å². The van der Waals surface area contributed by atoms with E-state index in [0.717, 1.165) is 17.5 Å². The summed E-state index contributed by atoms with van der Waals surface area (Å²) in [6.07, 6.45) is 2.10. The second-order valence-corrected chi connectivity index (χ2v) is 5.38. The van der Waals surface area contributed by atoms with Gasteiger partial charge in [-0.25, -0.2) is 0 Å². The molecule has 0 amide bonds. The molecule has 3 rings (SSSR count). The summed E-state index contributed by atoms with van der Waals surface area (Å²) in [6.45, 7) is 5.23. The number of nitrogens with zero attached hydrogens (tertiary/aromatic N) is 1. The lowest BCUT2D eigenvalue weighted by molar-refractivity contribution is 0.283. The van der Waals surface area contributed by atoms with Crippen molar-refractivity contribution in [2.24, 2.45) is 0 Å². The molecule has 0 fully saturated rings. The Morgan fingerprint density at radius 1 is 1.00 bits per heavy atom. The lowest BCUT2D eigenvalue weighted by Gasteiger charge is -2.10. The van der Waals surface area contributed by atoms with Crippen molar-refractivity contribution in [2.45, 2.75) is 27.0 Å². The zero-order valence-corrected chi connectivity index (χ0v) is 11.9. The topological polar surface area (TPSA) is 25.2 Å². The van der Waals surface area contributed by atoms with Crippen LogP contribution < -0.4 is 0 Å². The van der Waals surface area contributed by atoms with Gasteiger partial charge in [0.05, 0.1) is 6.61 Å². The van der Waals surface area contributed by atoms with E-state index in [4.69, 9.17) is 0 Å². The highest BCUT2D eigenvalue weighted by Crippen LogP contribution is 2.22. The molecule has 0 unspecified atom stereocenters. The van der Waals surface area contributed by atoms with Crippen LogP contribution in [0.4, 0.5) is 0 Å². The molecule has 0 bridgehead atoms. The van der Waals surface area contributed by atoms with Crippen LogP contribution in [0.3, 0.4) is 0 Å². The summed E-state index contributed by atoms with van der Waals surface area (Å²) in [4.78, 5) is 0. The maximum Gasteiger partial charge on any atom is 0.0688 e. The number of hydrogen-bond acceptors (Lipinski definition) is 1. The second-order valence-electron chi connectivity index (χ2n) is 5.38. The van der Waals surface area contributed by atoms with Crippen molar-refractivity contribution >= 4 is 10.9 Å². The van der Waals surface area contributed by atoms with Crippen molar-refractivity contribution in [1.82, 2.24) is 4.57 Å². The number of rotatable bonds is 3. The molecular formula is C18H19NO. The van der Waals surface area contributed by atoms with Gasteiger partial charge in [0, 0.05) is 23.6 Å². The number of benzene rings is 2. The maximum absolute atomic E-state index is 9.41. The van der Waals surface area contributed by atoms with Crippen LogP contribution in [0.15, 0.2) is 48.7 Å². The summed E-state index contributed by atoms with van der Waals surface area (Å²) in [5, 5.41) is 10.5. The minimum Gasteiger partial charge on any atom is -0.392 e. The number of aromatic nitrogens is 1. The number of aliphatic hydroxyl groups excluding tert-OH is 1. The van der Waals surface area contributed by atoms with Gasteiger partial charge in [-0.05, 0) is 42.7 Å². The summed E-state index contributed by atoms with van der Waals surface area (Å²) in [6, 6.07) is 14.8. The van der Waals surface area contributed by atoms with Crippen molar-refractivity contribution in [3.63, 3.8) is 0 Å². The molecule has 0 spiro atoms. The molecule has 0 atom stereocenters. The zero-order valence-electron chi connectivity index (χ0n) is 11.9. The quantitative estimate of drug-likeness (QED) is 0.765. The smallest absolute Gasteiger partial charge is 0.0688 e. The molecule has 2 aromatic carbocycles. The van der Waals surface area contributed by atoms with Crippen LogP contribution in [-0.4, -0.2) is 9.67 Å². The van der Waals surface area contributed by atoms with E-state index in [1.54, 1.807) is 0 Å². The molecule has 0 saturated heterocycles. The van der Waals surface area contributed by atoms with E-state index in [1.807, 2.05) is 12.1 Å². The van der Waals surface area contributed by atoms with E-state index in [2.05, 4.69) is 54.9 Å². The van der Waals surface area contributed by atoms with E-state index >= 15 is 0 Å². The first-order chi connectivity index (χ1) is 9.69. The molecule has 0 saturated carbocycles. The SMILES string of the molecule is Cc1ccc(C)c(Cn2ccc3c(CO)cccc32)c1. The van der Waals surface area contributed by atoms with Crippen molar-refractivity contribution in [2.75, 3.05) is 0 Å². The lowest BCUT2D eigenvalue weighted by atomic mass is 10.1. The van der Waals surface area contributed by atoms with E-state index < -0.39 is 0 Å². The zero-order chi connectivity index (χ0) is 14.1. The number of hydrogen-bond donors (Lipinski definition) is 1. The van der Waals surface area contributed by atoms with Crippen LogP contribution in [0, 0.1) is 13.8 Å². The molecule has 20 heavy (non-hydrogen) atoms. The molecule has 0 aliphatic heterocycles. The van der Waals surface area contributed by atoms with Gasteiger partial charge in [0.25, 0.3) is 0 Å². The van der Waals surface area contributed by atoms with Gasteiger partial charge in [0.15, 0.2) is 0 Å². The monoisotopic (exact) mass is 265 g/mol. The Bertz CT molecular complexity index is 755. The Labute approximate surface area is 119 Å². The average molecular weight is 265 g/mol. The Balaban J connectivity index is 2.05. The first kappa shape index (κ1) is 12.9. The van der Waals surface area contributed by atoms with Gasteiger partial charge in [0.1, 0.15) is 0 Å². The average Bonchev–Trinajstić information content (AvgIpc) is 2.86. The minimum absolute atomic E-state index is 0.0881. The normalized spacial score (nSPS) is 11.2. The Kier molecular flexibility index (Phi) is 3.33. The Morgan fingerprint density at radius 3 is 2.65 bits per heavy atom. The molecule has 1 N–H and O–H groups in total. The summed E-state index contributed by atoms with van der Waals surface area (Å²) in [5.74, 6) is 0. The third-order valence-electron chi connectivity index (χ3n) is 3.92. The first-order valence-electron chi connectivity index (χ1n) is 6.93. The van der Waals surface area contributed by atoms with Crippen LogP contribution in [0.2, 0.25) is 0 Å². The first-order valence-corrected chi connectivity index (χ1v) is 6.93. The summed E-state index contributed by atoms with van der Waals surface area (Å²) in [5.41, 5.74) is 6.12. The molecule has 2 nitrogen and oxygen atoms in total. The van der Waals surface area contributed by atoms with Crippen LogP contribution in [0.1, 0.15) is 22.3 Å². The fourth-order valence-electron chi connectivity index (χ4n) is 2.72. The van der Waals surface area contributed by atoms with Gasteiger partial charge < -0.3 is 9.67 Å². The third kappa shape index (κ3) is 2.23. The van der Waals surface area contributed by atoms with Crippen LogP contribution >= 0.6 is 0 Å². The number of fused-ring (bicyclic) bond motifs is 1. The van der Waals surface area contributed by atoms with Crippen molar-refractivity contribution in [3.8, 4) is 0 Å². The van der Waals surface area contributed by atoms with E-state index in [1.165, 1.54) is 22.2 Å². The summed E-state index contributed by atoms with van der Waals surface area (Å²) < 4.78 is 2.25. The third-order valence-corrected chi connectivity index (χ3v) is 3.92. The van der Waals surface area contributed by atoms with E-state index in [0.29, 0.717) is 0 Å². The van der Waals surface area contributed by atoms with Crippen molar-refractivity contribution in [1.29, 1.82) is 0 Å². The molecule has 2 heteroatoms. The van der Waals surface area contributed by atoms with Crippen molar-refractivity contribution < 1.29 is 5.11 Å². The highest BCUT2D eigenvalue weighted by atomic mass is 16.3. The standard InChI is InChI=1S/C18H19NO/c1-13-6-7-14(2)16(10-13)11-19-9-8-17-15(12-20)4-3-5-18(17)19/h3-10,20H,11-12H2,1-2H3. The predicted molar refractivity (Wildman–Crippen MR) is 82.9 cm³/mol. The van der Waals surface area contributed by atoms with Gasteiger partial charge in [-0.3, -0.25) is 0 Å². The largest absolute Gasteiger partial charge is 0.392 e. The molecule has 0 radical (unpaired) electrons. The van der Waals surface area contributed by atoms with Gasteiger partial charge in [-0.1, -0.05) is 35.9 Å². The Hall–Kier alpha value is -2.06. The fraction of sp³-hybridized carbons (Fsp3) is 0.222. The molecule has 1 heterocycles. The van der Waals surface area contributed by atoms with Crippen molar-refractivity contribution in [3.05, 3.63) is 70.9 Å². The highest BCUT2D eigenvalue weighted by molar-refractivity contribution is 5.83. The molecular weight excluding hydrogens is 246 g/mol. The second kappa shape index (κ2) is 5.14. The highest BCUT2D eigenvalue weighted by Gasteiger charge is 2.06. The molecule has 102 valence electrons. The molecule has 1 aromatic heterocycles. The summed E-state index contributed by atoms with van der Waals surface area (Å²) >= 11 is 0. The molecule has 0 aliphatic carbocycles. The van der Waals surface area contributed by atoms with Gasteiger partial charge in [0.2, 0.25) is 0 Å². The van der Waals surface area contributed by atoms with E-state index in [9.17, 15) is 5.11 Å². The lowest BCUT2D eigenvalue weighted by Crippen LogP contribution is -2.00. The number of aliphatic hydroxyl groups is 1. The van der Waals surface area contributed by atoms with Crippen LogP contribution in [-0.2, 0) is 13.2 Å². The molecule has 0 aliphatic rings. The summed E-state index contributed by atoms with van der Waals surface area (Å²) in [7, 11) is 0. The van der Waals surface area contributed by atoms with Gasteiger partial charge in [-0.15, -0.1) is 0 Å². The van der Waals surface area contributed by atoms with E-state index in [-0.39, 0.29) is 6.61 Å². The van der Waals surface area contributed by atoms with Gasteiger partial charge in [-0.2, -0.15) is 0 Å². The number of aryl methyl sites for hydroxylation is 2. The Morgan fingerprint density at radius 2 is 1.85 bits per heavy atom. The fourth-order valence-corrected chi connectivity index (χ4v) is 2.72. The minimum atomic E-state index is 0.0881. The maximum atomic E-state index is 9.41. The molecule has 3 aromatic rings. The predicted octanol–water partition coefficient (Wildman–Crippen LogP) is 3.80.